The van der Waals surface area contributed by atoms with Crippen molar-refractivity contribution in [3.05, 3.63) is 33.4 Å². The highest BCUT2D eigenvalue weighted by Gasteiger charge is 2.16. The van der Waals surface area contributed by atoms with E-state index in [4.69, 9.17) is 17.3 Å². The first-order valence-corrected chi connectivity index (χ1v) is 5.06. The van der Waals surface area contributed by atoms with E-state index in [1.807, 2.05) is 0 Å². The van der Waals surface area contributed by atoms with Gasteiger partial charge in [0.15, 0.2) is 5.82 Å². The standard InChI is InChI=1S/C9H4BrClF2N2/c10-3-1-4(12)9-6(8(3)13)7(11)5(14)2-15-9/h1-2H,14H2. The molecule has 0 radical (unpaired) electrons. The Labute approximate surface area is 97.2 Å². The molecule has 2 aromatic rings. The molecule has 0 aliphatic rings. The van der Waals surface area contributed by atoms with Crippen LogP contribution in [0.5, 0.6) is 0 Å². The third-order valence-corrected chi connectivity index (χ3v) is 2.94. The molecule has 0 atom stereocenters. The lowest BCUT2D eigenvalue weighted by atomic mass is 10.2. The van der Waals surface area contributed by atoms with Gasteiger partial charge in [-0.2, -0.15) is 0 Å². The van der Waals surface area contributed by atoms with Crippen molar-refractivity contribution >= 4 is 44.1 Å². The smallest absolute Gasteiger partial charge is 0.150 e. The van der Waals surface area contributed by atoms with Crippen molar-refractivity contribution in [2.24, 2.45) is 0 Å². The Kier molecular flexibility index (Phi) is 2.52. The number of nitrogens with two attached hydrogens (primary N) is 1. The molecular weight excluding hydrogens is 289 g/mol. The van der Waals surface area contributed by atoms with E-state index >= 15 is 0 Å². The molecule has 1 aromatic carbocycles. The van der Waals surface area contributed by atoms with E-state index in [-0.39, 0.29) is 26.1 Å². The summed E-state index contributed by atoms with van der Waals surface area (Å²) in [4.78, 5) is 3.70. The number of rotatable bonds is 0. The number of hydrogen-bond acceptors (Lipinski definition) is 2. The van der Waals surface area contributed by atoms with Crippen LogP contribution in [0.15, 0.2) is 16.7 Å². The van der Waals surface area contributed by atoms with Crippen LogP contribution in [-0.4, -0.2) is 4.98 Å². The number of aromatic nitrogens is 1. The lowest BCUT2D eigenvalue weighted by molar-refractivity contribution is 0.610. The highest BCUT2D eigenvalue weighted by atomic mass is 79.9. The summed E-state index contributed by atoms with van der Waals surface area (Å²) in [5.74, 6) is -1.32. The van der Waals surface area contributed by atoms with E-state index in [0.717, 1.165) is 6.07 Å². The van der Waals surface area contributed by atoms with Gasteiger partial charge in [-0.1, -0.05) is 11.6 Å². The zero-order valence-corrected chi connectivity index (χ0v) is 9.53. The molecule has 0 aliphatic carbocycles. The first kappa shape index (κ1) is 10.6. The van der Waals surface area contributed by atoms with Gasteiger partial charge < -0.3 is 5.73 Å². The van der Waals surface area contributed by atoms with Crippen molar-refractivity contribution in [1.29, 1.82) is 0 Å². The quantitative estimate of drug-likeness (QED) is 0.755. The van der Waals surface area contributed by atoms with E-state index in [9.17, 15) is 8.78 Å². The topological polar surface area (TPSA) is 38.9 Å². The molecule has 6 heteroatoms. The minimum absolute atomic E-state index is 0.0122. The number of halogens is 4. The maximum Gasteiger partial charge on any atom is 0.150 e. The predicted octanol–water partition coefficient (Wildman–Crippen LogP) is 3.51. The molecule has 1 heterocycles. The molecule has 2 rings (SSSR count). The van der Waals surface area contributed by atoms with E-state index in [2.05, 4.69) is 20.9 Å². The largest absolute Gasteiger partial charge is 0.396 e. The first-order valence-electron chi connectivity index (χ1n) is 3.89. The number of nitrogen functional groups attached to an aromatic ring is 1. The van der Waals surface area contributed by atoms with Crippen molar-refractivity contribution in [3.63, 3.8) is 0 Å². The SMILES string of the molecule is Nc1cnc2c(F)cc(Br)c(F)c2c1Cl. The molecule has 15 heavy (non-hydrogen) atoms. The Balaban J connectivity index is 3.04. The Hall–Kier alpha value is -0.940. The van der Waals surface area contributed by atoms with Crippen LogP contribution in [0.2, 0.25) is 5.02 Å². The van der Waals surface area contributed by atoms with Crippen LogP contribution in [0.4, 0.5) is 14.5 Å². The molecule has 0 saturated heterocycles. The highest BCUT2D eigenvalue weighted by Crippen LogP contribution is 2.34. The average molecular weight is 293 g/mol. The summed E-state index contributed by atoms with van der Waals surface area (Å²) in [7, 11) is 0. The summed E-state index contributed by atoms with van der Waals surface area (Å²) >= 11 is 8.67. The Morgan fingerprint density at radius 1 is 1.40 bits per heavy atom. The van der Waals surface area contributed by atoms with Crippen LogP contribution in [0.25, 0.3) is 10.9 Å². The van der Waals surface area contributed by atoms with Gasteiger partial charge >= 0.3 is 0 Å². The molecule has 0 bridgehead atoms. The summed E-state index contributed by atoms with van der Waals surface area (Å²) in [6.45, 7) is 0. The fourth-order valence-electron chi connectivity index (χ4n) is 1.25. The molecule has 0 spiro atoms. The normalized spacial score (nSPS) is 10.9. The monoisotopic (exact) mass is 292 g/mol. The van der Waals surface area contributed by atoms with Crippen LogP contribution in [-0.2, 0) is 0 Å². The van der Waals surface area contributed by atoms with E-state index in [1.54, 1.807) is 0 Å². The zero-order chi connectivity index (χ0) is 11.2. The maximum atomic E-state index is 13.6. The number of benzene rings is 1. The van der Waals surface area contributed by atoms with Gasteiger partial charge in [-0.05, 0) is 22.0 Å². The molecule has 0 fully saturated rings. The number of pyridine rings is 1. The molecule has 1 aromatic heterocycles. The summed E-state index contributed by atoms with van der Waals surface area (Å²) in [6, 6.07) is 0.997. The predicted molar refractivity (Wildman–Crippen MR) is 58.8 cm³/mol. The minimum atomic E-state index is -0.670. The minimum Gasteiger partial charge on any atom is -0.396 e. The van der Waals surface area contributed by atoms with Crippen LogP contribution >= 0.6 is 27.5 Å². The van der Waals surface area contributed by atoms with Gasteiger partial charge in [-0.3, -0.25) is 4.98 Å². The number of nitrogens with zero attached hydrogens (tertiary/aromatic N) is 1. The lowest BCUT2D eigenvalue weighted by Crippen LogP contribution is -1.95. The fraction of sp³-hybridized carbons (Fsp3) is 0. The Bertz CT molecular complexity index is 551. The van der Waals surface area contributed by atoms with Crippen LogP contribution in [0.1, 0.15) is 0 Å². The van der Waals surface area contributed by atoms with Gasteiger partial charge in [0.2, 0.25) is 0 Å². The summed E-state index contributed by atoms with van der Waals surface area (Å²) in [6.07, 6.45) is 1.20. The second-order valence-electron chi connectivity index (χ2n) is 2.91. The molecule has 2 N–H and O–H groups in total. The third-order valence-electron chi connectivity index (χ3n) is 1.95. The summed E-state index contributed by atoms with van der Waals surface area (Å²) < 4.78 is 27.0. The van der Waals surface area contributed by atoms with E-state index in [1.165, 1.54) is 6.20 Å². The van der Waals surface area contributed by atoms with Crippen molar-refractivity contribution in [2.45, 2.75) is 0 Å². The molecule has 78 valence electrons. The van der Waals surface area contributed by atoms with Gasteiger partial charge in [0.1, 0.15) is 11.3 Å². The number of fused-ring (bicyclic) bond motifs is 1. The Morgan fingerprint density at radius 3 is 2.73 bits per heavy atom. The first-order chi connectivity index (χ1) is 7.02. The molecular formula is C9H4BrClF2N2. The molecule has 0 aliphatic heterocycles. The highest BCUT2D eigenvalue weighted by molar-refractivity contribution is 9.10. The third kappa shape index (κ3) is 1.55. The van der Waals surface area contributed by atoms with Gasteiger partial charge in [0.25, 0.3) is 0 Å². The molecule has 0 amide bonds. The van der Waals surface area contributed by atoms with Gasteiger partial charge in [-0.25, -0.2) is 8.78 Å². The maximum absolute atomic E-state index is 13.6. The van der Waals surface area contributed by atoms with Crippen molar-refractivity contribution < 1.29 is 8.78 Å². The number of anilines is 1. The second kappa shape index (κ2) is 3.57. The average Bonchev–Trinajstić information content (AvgIpc) is 2.19. The van der Waals surface area contributed by atoms with Crippen molar-refractivity contribution in [1.82, 2.24) is 4.98 Å². The summed E-state index contributed by atoms with van der Waals surface area (Å²) in [5.41, 5.74) is 5.44. The summed E-state index contributed by atoms with van der Waals surface area (Å²) in [5, 5.41) is -0.138. The van der Waals surface area contributed by atoms with Crippen LogP contribution in [0, 0.1) is 11.6 Å². The van der Waals surface area contributed by atoms with Crippen molar-refractivity contribution in [2.75, 3.05) is 5.73 Å². The van der Waals surface area contributed by atoms with Crippen LogP contribution < -0.4 is 5.73 Å². The molecule has 0 saturated carbocycles. The molecule has 0 unspecified atom stereocenters. The van der Waals surface area contributed by atoms with E-state index < -0.39 is 11.6 Å². The van der Waals surface area contributed by atoms with Gasteiger partial charge in [0, 0.05) is 0 Å². The lowest BCUT2D eigenvalue weighted by Gasteiger charge is -2.06. The molecule has 2 nitrogen and oxygen atoms in total. The van der Waals surface area contributed by atoms with E-state index in [0.29, 0.717) is 0 Å². The zero-order valence-electron chi connectivity index (χ0n) is 7.19. The van der Waals surface area contributed by atoms with Crippen LogP contribution in [0.3, 0.4) is 0 Å². The number of hydrogen-bond donors (Lipinski definition) is 1. The van der Waals surface area contributed by atoms with Crippen molar-refractivity contribution in [3.8, 4) is 0 Å². The fourth-order valence-corrected chi connectivity index (χ4v) is 1.87. The Morgan fingerprint density at radius 2 is 2.07 bits per heavy atom. The van der Waals surface area contributed by atoms with Gasteiger partial charge in [0.05, 0.1) is 26.8 Å². The second-order valence-corrected chi connectivity index (χ2v) is 4.14. The van der Waals surface area contributed by atoms with Gasteiger partial charge in [-0.15, -0.1) is 0 Å².